The van der Waals surface area contributed by atoms with Crippen molar-refractivity contribution >= 4 is 27.0 Å². The molecule has 1 aromatic heterocycles. The van der Waals surface area contributed by atoms with E-state index in [1.807, 2.05) is 0 Å². The number of halogens is 1. The molecule has 2 rings (SSSR count). The van der Waals surface area contributed by atoms with Gasteiger partial charge < -0.3 is 5.11 Å². The van der Waals surface area contributed by atoms with E-state index >= 15 is 0 Å². The molecule has 0 spiro atoms. The largest absolute Gasteiger partial charge is 0.391 e. The molecular formula is C11H10FNO3S2. The molecule has 0 saturated heterocycles. The predicted octanol–water partition coefficient (Wildman–Crippen LogP) is 2.18. The van der Waals surface area contributed by atoms with E-state index in [9.17, 15) is 12.8 Å². The number of rotatable bonds is 4. The van der Waals surface area contributed by atoms with Gasteiger partial charge in [-0.05, 0) is 36.4 Å². The third-order valence-corrected chi connectivity index (χ3v) is 5.10. The molecule has 0 unspecified atom stereocenters. The van der Waals surface area contributed by atoms with Gasteiger partial charge in [0.25, 0.3) is 10.0 Å². The van der Waals surface area contributed by atoms with Crippen molar-refractivity contribution in [2.24, 2.45) is 0 Å². The van der Waals surface area contributed by atoms with E-state index in [2.05, 4.69) is 4.72 Å². The highest BCUT2D eigenvalue weighted by Crippen LogP contribution is 2.24. The minimum atomic E-state index is -3.68. The van der Waals surface area contributed by atoms with E-state index in [-0.39, 0.29) is 16.5 Å². The van der Waals surface area contributed by atoms with E-state index in [0.29, 0.717) is 4.88 Å². The summed E-state index contributed by atoms with van der Waals surface area (Å²) in [5, 5.41) is 8.89. The summed E-state index contributed by atoms with van der Waals surface area (Å²) in [6.45, 7) is -0.198. The molecule has 0 aliphatic heterocycles. The van der Waals surface area contributed by atoms with Crippen LogP contribution in [0.5, 0.6) is 0 Å². The molecule has 2 N–H and O–H groups in total. The SMILES string of the molecule is O=S(=O)(Nc1ccc(F)cc1)c1ccc(CO)s1. The second-order valence-corrected chi connectivity index (χ2v) is 6.57. The summed E-state index contributed by atoms with van der Waals surface area (Å²) in [5.41, 5.74) is 0.287. The summed E-state index contributed by atoms with van der Waals surface area (Å²) in [6.07, 6.45) is 0. The van der Waals surface area contributed by atoms with Crippen LogP contribution in [0.1, 0.15) is 4.88 Å². The molecule has 96 valence electrons. The zero-order chi connectivity index (χ0) is 13.2. The summed E-state index contributed by atoms with van der Waals surface area (Å²) in [5.74, 6) is -0.434. The van der Waals surface area contributed by atoms with Crippen molar-refractivity contribution in [3.63, 3.8) is 0 Å². The van der Waals surface area contributed by atoms with Gasteiger partial charge in [-0.25, -0.2) is 12.8 Å². The maximum atomic E-state index is 12.7. The number of benzene rings is 1. The van der Waals surface area contributed by atoms with Crippen LogP contribution in [0.25, 0.3) is 0 Å². The van der Waals surface area contributed by atoms with Crippen LogP contribution < -0.4 is 4.72 Å². The molecule has 1 heterocycles. The minimum absolute atomic E-state index is 0.107. The van der Waals surface area contributed by atoms with Gasteiger partial charge in [-0.3, -0.25) is 4.72 Å². The standard InChI is InChI=1S/C11H10FNO3S2/c12-8-1-3-9(4-2-8)13-18(15,16)11-6-5-10(7-14)17-11/h1-6,13-14H,7H2. The quantitative estimate of drug-likeness (QED) is 0.905. The summed E-state index contributed by atoms with van der Waals surface area (Å²) in [6, 6.07) is 7.99. The molecular weight excluding hydrogens is 277 g/mol. The Kier molecular flexibility index (Phi) is 3.65. The van der Waals surface area contributed by atoms with Crippen LogP contribution >= 0.6 is 11.3 Å². The van der Waals surface area contributed by atoms with E-state index in [1.165, 1.54) is 30.3 Å². The number of aliphatic hydroxyl groups excluding tert-OH is 1. The summed E-state index contributed by atoms with van der Waals surface area (Å²) in [4.78, 5) is 0.564. The molecule has 0 saturated carbocycles. The van der Waals surface area contributed by atoms with Gasteiger partial charge in [0.1, 0.15) is 10.0 Å². The number of sulfonamides is 1. The molecule has 0 radical (unpaired) electrons. The Morgan fingerprint density at radius 3 is 2.39 bits per heavy atom. The van der Waals surface area contributed by atoms with Crippen LogP contribution in [-0.4, -0.2) is 13.5 Å². The number of anilines is 1. The van der Waals surface area contributed by atoms with Gasteiger partial charge in [0.05, 0.1) is 6.61 Å². The molecule has 0 bridgehead atoms. The average Bonchev–Trinajstić information content (AvgIpc) is 2.81. The van der Waals surface area contributed by atoms with E-state index in [0.717, 1.165) is 11.3 Å². The van der Waals surface area contributed by atoms with Crippen molar-refractivity contribution in [2.75, 3.05) is 4.72 Å². The van der Waals surface area contributed by atoms with Gasteiger partial charge in [-0.15, -0.1) is 11.3 Å². The molecule has 2 aromatic rings. The maximum absolute atomic E-state index is 12.7. The van der Waals surface area contributed by atoms with Crippen molar-refractivity contribution in [3.8, 4) is 0 Å². The molecule has 0 fully saturated rings. The van der Waals surface area contributed by atoms with Gasteiger partial charge in [0, 0.05) is 10.6 Å². The Balaban J connectivity index is 2.24. The summed E-state index contributed by atoms with van der Waals surface area (Å²) >= 11 is 0.988. The fraction of sp³-hybridized carbons (Fsp3) is 0.0909. The van der Waals surface area contributed by atoms with Gasteiger partial charge >= 0.3 is 0 Å². The number of nitrogens with one attached hydrogen (secondary N) is 1. The Labute approximate surface area is 108 Å². The summed E-state index contributed by atoms with van der Waals surface area (Å²) < 4.78 is 39.0. The first kappa shape index (κ1) is 13.0. The number of hydrogen-bond acceptors (Lipinski definition) is 4. The lowest BCUT2D eigenvalue weighted by Gasteiger charge is -2.05. The molecule has 0 amide bonds. The fourth-order valence-corrected chi connectivity index (χ4v) is 3.59. The summed E-state index contributed by atoms with van der Waals surface area (Å²) in [7, 11) is -3.68. The maximum Gasteiger partial charge on any atom is 0.271 e. The fourth-order valence-electron chi connectivity index (χ4n) is 1.31. The number of hydrogen-bond donors (Lipinski definition) is 2. The lowest BCUT2D eigenvalue weighted by Crippen LogP contribution is -2.11. The van der Waals surface area contributed by atoms with E-state index < -0.39 is 15.8 Å². The van der Waals surface area contributed by atoms with Gasteiger partial charge in [0.2, 0.25) is 0 Å². The number of thiophene rings is 1. The minimum Gasteiger partial charge on any atom is -0.391 e. The van der Waals surface area contributed by atoms with Crippen LogP contribution in [0.3, 0.4) is 0 Å². The third-order valence-electron chi connectivity index (χ3n) is 2.15. The molecule has 18 heavy (non-hydrogen) atoms. The monoisotopic (exact) mass is 287 g/mol. The second-order valence-electron chi connectivity index (χ2n) is 3.49. The molecule has 0 atom stereocenters. The second kappa shape index (κ2) is 5.05. The van der Waals surface area contributed by atoms with Crippen LogP contribution in [0.2, 0.25) is 0 Å². The van der Waals surface area contributed by atoms with Crippen molar-refractivity contribution in [2.45, 2.75) is 10.8 Å². The first-order chi connectivity index (χ1) is 8.51. The predicted molar refractivity (Wildman–Crippen MR) is 67.5 cm³/mol. The van der Waals surface area contributed by atoms with Crippen LogP contribution in [-0.2, 0) is 16.6 Å². The Hall–Kier alpha value is -1.44. The van der Waals surface area contributed by atoms with E-state index in [4.69, 9.17) is 5.11 Å². The average molecular weight is 287 g/mol. The lowest BCUT2D eigenvalue weighted by atomic mass is 10.3. The Bertz CT molecular complexity index is 635. The first-order valence-electron chi connectivity index (χ1n) is 4.99. The van der Waals surface area contributed by atoms with Crippen molar-refractivity contribution < 1.29 is 17.9 Å². The molecule has 7 heteroatoms. The van der Waals surface area contributed by atoms with Crippen molar-refractivity contribution in [1.82, 2.24) is 0 Å². The molecule has 1 aromatic carbocycles. The van der Waals surface area contributed by atoms with Crippen LogP contribution in [0, 0.1) is 5.82 Å². The number of aliphatic hydroxyl groups is 1. The molecule has 4 nitrogen and oxygen atoms in total. The lowest BCUT2D eigenvalue weighted by molar-refractivity contribution is 0.285. The molecule has 0 aliphatic carbocycles. The topological polar surface area (TPSA) is 66.4 Å². The highest BCUT2D eigenvalue weighted by atomic mass is 32.2. The van der Waals surface area contributed by atoms with Crippen LogP contribution in [0.15, 0.2) is 40.6 Å². The highest BCUT2D eigenvalue weighted by molar-refractivity contribution is 7.94. The Morgan fingerprint density at radius 1 is 1.17 bits per heavy atom. The Morgan fingerprint density at radius 2 is 1.83 bits per heavy atom. The van der Waals surface area contributed by atoms with Gasteiger partial charge in [0.15, 0.2) is 0 Å². The first-order valence-corrected chi connectivity index (χ1v) is 7.29. The van der Waals surface area contributed by atoms with Crippen molar-refractivity contribution in [3.05, 3.63) is 47.1 Å². The third kappa shape index (κ3) is 2.87. The smallest absolute Gasteiger partial charge is 0.271 e. The zero-order valence-electron chi connectivity index (χ0n) is 9.13. The van der Waals surface area contributed by atoms with Gasteiger partial charge in [-0.1, -0.05) is 0 Å². The van der Waals surface area contributed by atoms with Gasteiger partial charge in [-0.2, -0.15) is 0 Å². The van der Waals surface area contributed by atoms with Crippen molar-refractivity contribution in [1.29, 1.82) is 0 Å². The zero-order valence-corrected chi connectivity index (χ0v) is 10.8. The normalized spacial score (nSPS) is 11.4. The molecule has 0 aliphatic rings. The van der Waals surface area contributed by atoms with E-state index in [1.54, 1.807) is 6.07 Å². The highest BCUT2D eigenvalue weighted by Gasteiger charge is 2.16. The van der Waals surface area contributed by atoms with Crippen LogP contribution in [0.4, 0.5) is 10.1 Å².